The van der Waals surface area contributed by atoms with Gasteiger partial charge in [-0.1, -0.05) is 5.16 Å². The zero-order valence-corrected chi connectivity index (χ0v) is 17.9. The average Bonchev–Trinajstić information content (AvgIpc) is 3.19. The molecule has 2 heterocycles. The third-order valence-electron chi connectivity index (χ3n) is 4.70. The highest BCUT2D eigenvalue weighted by molar-refractivity contribution is 6.03. The Balaban J connectivity index is 1.61. The maximum absolute atomic E-state index is 12.3. The molecular formula is C22H19N5O6. The van der Waals surface area contributed by atoms with Gasteiger partial charge in [-0.2, -0.15) is 9.78 Å². The summed E-state index contributed by atoms with van der Waals surface area (Å²) >= 11 is 0. The Hall–Kier alpha value is -4.67. The lowest BCUT2D eigenvalue weighted by Crippen LogP contribution is -2.30. The summed E-state index contributed by atoms with van der Waals surface area (Å²) in [6.45, 7) is 5.24. The van der Waals surface area contributed by atoms with Crippen molar-refractivity contribution >= 4 is 11.6 Å². The molecule has 4 rings (SSSR count). The first-order valence-electron chi connectivity index (χ1n) is 9.77. The summed E-state index contributed by atoms with van der Waals surface area (Å²) in [6.07, 6.45) is 1.02. The normalized spacial score (nSPS) is 10.8. The molecular weight excluding hydrogens is 430 g/mol. The Morgan fingerprint density at radius 3 is 2.48 bits per heavy atom. The summed E-state index contributed by atoms with van der Waals surface area (Å²) in [5, 5.41) is 20.2. The SMILES string of the molecule is Cc1cc(C(=O)Nc2cc(Oc3c(C)cc(-n4ncc(=O)[nH]c4=O)cc3C)ccc2O)no1. The second-order valence-electron chi connectivity index (χ2n) is 7.32. The summed E-state index contributed by atoms with van der Waals surface area (Å²) in [6, 6.07) is 9.26. The molecule has 2 aromatic heterocycles. The van der Waals surface area contributed by atoms with Crippen LogP contribution in [0.4, 0.5) is 5.69 Å². The quantitative estimate of drug-likeness (QED) is 0.393. The van der Waals surface area contributed by atoms with Gasteiger partial charge in [-0.3, -0.25) is 14.6 Å². The largest absolute Gasteiger partial charge is 0.506 e. The van der Waals surface area contributed by atoms with Crippen LogP contribution in [0.5, 0.6) is 17.2 Å². The lowest BCUT2D eigenvalue weighted by Gasteiger charge is -2.15. The van der Waals surface area contributed by atoms with E-state index in [1.54, 1.807) is 39.0 Å². The van der Waals surface area contributed by atoms with Crippen molar-refractivity contribution in [1.29, 1.82) is 0 Å². The summed E-state index contributed by atoms with van der Waals surface area (Å²) in [5.74, 6) is 0.664. The van der Waals surface area contributed by atoms with E-state index in [1.165, 1.54) is 18.2 Å². The first-order valence-corrected chi connectivity index (χ1v) is 9.77. The maximum Gasteiger partial charge on any atom is 0.349 e. The van der Waals surface area contributed by atoms with E-state index in [1.807, 2.05) is 0 Å². The molecule has 11 heteroatoms. The minimum Gasteiger partial charge on any atom is -0.506 e. The van der Waals surface area contributed by atoms with Gasteiger partial charge in [-0.05, 0) is 56.2 Å². The molecule has 0 bridgehead atoms. The van der Waals surface area contributed by atoms with Gasteiger partial charge in [0.2, 0.25) is 0 Å². The van der Waals surface area contributed by atoms with Crippen LogP contribution in [0, 0.1) is 20.8 Å². The number of carbonyl (C=O) groups excluding carboxylic acids is 1. The molecule has 1 amide bonds. The zero-order valence-electron chi connectivity index (χ0n) is 17.9. The van der Waals surface area contributed by atoms with Gasteiger partial charge < -0.3 is 19.7 Å². The van der Waals surface area contributed by atoms with E-state index in [0.29, 0.717) is 34.1 Å². The number of nitrogens with one attached hydrogen (secondary N) is 2. The Labute approximate surface area is 186 Å². The molecule has 0 saturated heterocycles. The van der Waals surface area contributed by atoms with Gasteiger partial charge in [0.1, 0.15) is 29.2 Å². The smallest absolute Gasteiger partial charge is 0.349 e. The molecule has 0 atom stereocenters. The number of amides is 1. The van der Waals surface area contributed by atoms with Crippen LogP contribution in [0.1, 0.15) is 27.4 Å². The number of anilines is 1. The fraction of sp³-hybridized carbons (Fsp3) is 0.136. The lowest BCUT2D eigenvalue weighted by molar-refractivity contribution is 0.101. The number of aryl methyl sites for hydroxylation is 3. The van der Waals surface area contributed by atoms with Crippen molar-refractivity contribution in [3.8, 4) is 22.9 Å². The van der Waals surface area contributed by atoms with Gasteiger partial charge in [-0.15, -0.1) is 0 Å². The molecule has 4 aromatic rings. The third kappa shape index (κ3) is 4.51. The maximum atomic E-state index is 12.3. The van der Waals surface area contributed by atoms with Crippen molar-refractivity contribution in [3.63, 3.8) is 0 Å². The Kier molecular flexibility index (Phi) is 5.53. The lowest BCUT2D eigenvalue weighted by atomic mass is 10.1. The Morgan fingerprint density at radius 2 is 1.85 bits per heavy atom. The standard InChI is InChI=1S/C22H19N5O6/c1-11-6-14(27-22(31)25-19(29)10-23-27)7-12(2)20(11)32-15-4-5-18(28)16(9-15)24-21(30)17-8-13(3)33-26-17/h4-10,28H,1-3H3,(H,24,30)(H,25,29,31). The van der Waals surface area contributed by atoms with Gasteiger partial charge in [0, 0.05) is 12.1 Å². The molecule has 0 aliphatic carbocycles. The first-order chi connectivity index (χ1) is 15.7. The number of rotatable bonds is 5. The molecule has 11 nitrogen and oxygen atoms in total. The number of carbonyl (C=O) groups is 1. The molecule has 0 radical (unpaired) electrons. The van der Waals surface area contributed by atoms with E-state index in [-0.39, 0.29) is 17.1 Å². The molecule has 2 aromatic carbocycles. The highest BCUT2D eigenvalue weighted by atomic mass is 16.5. The topological polar surface area (TPSA) is 152 Å². The van der Waals surface area contributed by atoms with E-state index in [4.69, 9.17) is 9.26 Å². The highest BCUT2D eigenvalue weighted by Crippen LogP contribution is 2.34. The predicted octanol–water partition coefficient (Wildman–Crippen LogP) is 2.58. The van der Waals surface area contributed by atoms with E-state index >= 15 is 0 Å². The molecule has 0 aliphatic rings. The number of benzene rings is 2. The van der Waals surface area contributed by atoms with Gasteiger partial charge in [0.25, 0.3) is 11.5 Å². The number of H-pyrrole nitrogens is 1. The van der Waals surface area contributed by atoms with Crippen LogP contribution in [-0.4, -0.2) is 30.9 Å². The Bertz CT molecular complexity index is 1460. The van der Waals surface area contributed by atoms with Crippen LogP contribution in [0.3, 0.4) is 0 Å². The number of aromatic nitrogens is 4. The number of phenolic OH excluding ortho intramolecular Hbond substituents is 1. The summed E-state index contributed by atoms with van der Waals surface area (Å²) < 4.78 is 12.0. The monoisotopic (exact) mass is 449 g/mol. The van der Waals surface area contributed by atoms with Gasteiger partial charge in [0.05, 0.1) is 11.4 Å². The van der Waals surface area contributed by atoms with Crippen molar-refractivity contribution < 1.29 is 19.2 Å². The highest BCUT2D eigenvalue weighted by Gasteiger charge is 2.15. The van der Waals surface area contributed by atoms with Crippen molar-refractivity contribution in [2.45, 2.75) is 20.8 Å². The number of ether oxygens (including phenoxy) is 1. The predicted molar refractivity (Wildman–Crippen MR) is 117 cm³/mol. The van der Waals surface area contributed by atoms with Gasteiger partial charge in [-0.25, -0.2) is 4.79 Å². The van der Waals surface area contributed by atoms with Gasteiger partial charge >= 0.3 is 5.69 Å². The number of aromatic hydroxyl groups is 1. The Morgan fingerprint density at radius 1 is 1.12 bits per heavy atom. The second kappa shape index (κ2) is 8.46. The van der Waals surface area contributed by atoms with Crippen molar-refractivity contribution in [1.82, 2.24) is 19.9 Å². The van der Waals surface area contributed by atoms with Crippen LogP contribution in [0.15, 0.2) is 56.7 Å². The number of aromatic amines is 1. The van der Waals surface area contributed by atoms with Crippen LogP contribution in [-0.2, 0) is 0 Å². The minimum absolute atomic E-state index is 0.0756. The van der Waals surface area contributed by atoms with E-state index in [0.717, 1.165) is 10.9 Å². The summed E-state index contributed by atoms with van der Waals surface area (Å²) in [7, 11) is 0. The molecule has 0 aliphatic heterocycles. The van der Waals surface area contributed by atoms with Crippen LogP contribution in [0.25, 0.3) is 5.69 Å². The number of phenols is 1. The zero-order chi connectivity index (χ0) is 23.7. The van der Waals surface area contributed by atoms with Crippen LogP contribution >= 0.6 is 0 Å². The molecule has 0 fully saturated rings. The molecule has 0 unspecified atom stereocenters. The number of hydrogen-bond donors (Lipinski definition) is 3. The second-order valence-corrected chi connectivity index (χ2v) is 7.32. The average molecular weight is 449 g/mol. The fourth-order valence-electron chi connectivity index (χ4n) is 3.20. The molecule has 0 spiro atoms. The van der Waals surface area contributed by atoms with Crippen LogP contribution < -0.4 is 21.3 Å². The van der Waals surface area contributed by atoms with Crippen molar-refractivity contribution in [2.24, 2.45) is 0 Å². The van der Waals surface area contributed by atoms with E-state index in [9.17, 15) is 19.5 Å². The van der Waals surface area contributed by atoms with Crippen molar-refractivity contribution in [3.05, 3.63) is 86.0 Å². The third-order valence-corrected chi connectivity index (χ3v) is 4.70. The number of nitrogens with zero attached hydrogens (tertiary/aromatic N) is 3. The molecule has 3 N–H and O–H groups in total. The molecule has 33 heavy (non-hydrogen) atoms. The van der Waals surface area contributed by atoms with Crippen LogP contribution in [0.2, 0.25) is 0 Å². The molecule has 0 saturated carbocycles. The summed E-state index contributed by atoms with van der Waals surface area (Å²) in [5.41, 5.74) is 0.818. The number of hydrogen-bond acceptors (Lipinski definition) is 8. The fourth-order valence-corrected chi connectivity index (χ4v) is 3.20. The first kappa shape index (κ1) is 21.6. The summed E-state index contributed by atoms with van der Waals surface area (Å²) in [4.78, 5) is 37.8. The van der Waals surface area contributed by atoms with E-state index in [2.05, 4.69) is 20.6 Å². The minimum atomic E-state index is -0.656. The van der Waals surface area contributed by atoms with E-state index < -0.39 is 17.2 Å². The van der Waals surface area contributed by atoms with Gasteiger partial charge in [0.15, 0.2) is 5.69 Å². The molecule has 168 valence electrons. The van der Waals surface area contributed by atoms with Crippen molar-refractivity contribution in [2.75, 3.05) is 5.32 Å².